The Morgan fingerprint density at radius 2 is 2.06 bits per heavy atom. The lowest BCUT2D eigenvalue weighted by atomic mass is 10.4. The highest BCUT2D eigenvalue weighted by molar-refractivity contribution is 6.16. The van der Waals surface area contributed by atoms with Crippen molar-refractivity contribution in [1.82, 2.24) is 14.9 Å². The molecule has 0 radical (unpaired) electrons. The molecular weight excluding hydrogens is 236 g/mol. The molecule has 1 aromatic rings. The fraction of sp³-hybridized carbons (Fsp3) is 0.667. The van der Waals surface area contributed by atoms with E-state index in [1.54, 1.807) is 12.4 Å². The number of likely N-dealkylation sites (N-methyl/N-ethyl adjacent to an activating group) is 1. The van der Waals surface area contributed by atoms with Gasteiger partial charge in [-0.15, -0.1) is 11.6 Å². The van der Waals surface area contributed by atoms with Gasteiger partial charge >= 0.3 is 0 Å². The van der Waals surface area contributed by atoms with Gasteiger partial charge in [-0.1, -0.05) is 0 Å². The predicted octanol–water partition coefficient (Wildman–Crippen LogP) is 1.75. The monoisotopic (exact) mass is 254 g/mol. The summed E-state index contributed by atoms with van der Waals surface area (Å²) >= 11 is 5.68. The van der Waals surface area contributed by atoms with Crippen molar-refractivity contribution in [2.45, 2.75) is 18.7 Å². The summed E-state index contributed by atoms with van der Waals surface area (Å²) in [6.07, 6.45) is 6.22. The van der Waals surface area contributed by atoms with Crippen LogP contribution in [-0.2, 0) is 5.88 Å². The molecule has 0 atom stereocenters. The highest BCUT2D eigenvalue weighted by Crippen LogP contribution is 2.10. The van der Waals surface area contributed by atoms with Gasteiger partial charge in [-0.25, -0.2) is 4.98 Å². The van der Waals surface area contributed by atoms with Crippen LogP contribution in [0.1, 0.15) is 18.5 Å². The van der Waals surface area contributed by atoms with Gasteiger partial charge in [0.15, 0.2) is 0 Å². The molecule has 1 aliphatic rings. The van der Waals surface area contributed by atoms with Gasteiger partial charge in [-0.3, -0.25) is 4.98 Å². The van der Waals surface area contributed by atoms with Gasteiger partial charge in [-0.2, -0.15) is 0 Å². The number of likely N-dealkylation sites (tertiary alicyclic amines) is 1. The fourth-order valence-corrected chi connectivity index (χ4v) is 2.16. The third kappa shape index (κ3) is 3.54. The van der Waals surface area contributed by atoms with Crippen LogP contribution in [0.25, 0.3) is 0 Å². The van der Waals surface area contributed by atoms with E-state index >= 15 is 0 Å². The molecule has 0 aromatic carbocycles. The lowest BCUT2D eigenvalue weighted by molar-refractivity contribution is 0.346. The number of anilines is 1. The molecule has 1 saturated heterocycles. The molecule has 5 heteroatoms. The molecule has 0 amide bonds. The van der Waals surface area contributed by atoms with E-state index < -0.39 is 0 Å². The number of hydrogen-bond donors (Lipinski definition) is 0. The molecule has 0 spiro atoms. The Hall–Kier alpha value is -0.870. The van der Waals surface area contributed by atoms with E-state index in [1.165, 1.54) is 25.9 Å². The molecule has 0 N–H and O–H groups in total. The molecule has 0 aliphatic carbocycles. The minimum absolute atomic E-state index is 0.421. The van der Waals surface area contributed by atoms with Crippen LogP contribution in [-0.4, -0.2) is 48.1 Å². The minimum atomic E-state index is 0.421. The van der Waals surface area contributed by atoms with E-state index in [0.717, 1.165) is 24.6 Å². The maximum atomic E-state index is 5.68. The van der Waals surface area contributed by atoms with Crippen LogP contribution in [0.4, 0.5) is 5.82 Å². The number of halogens is 1. The maximum Gasteiger partial charge on any atom is 0.146 e. The molecule has 0 saturated carbocycles. The first-order chi connectivity index (χ1) is 8.29. The summed E-state index contributed by atoms with van der Waals surface area (Å²) in [6.45, 7) is 4.58. The molecule has 1 aromatic heterocycles. The largest absolute Gasteiger partial charge is 0.357 e. The van der Waals surface area contributed by atoms with E-state index in [-0.39, 0.29) is 0 Å². The first-order valence-corrected chi connectivity index (χ1v) is 6.63. The number of hydrogen-bond acceptors (Lipinski definition) is 4. The maximum absolute atomic E-state index is 5.68. The van der Waals surface area contributed by atoms with Crippen LogP contribution >= 0.6 is 11.6 Å². The molecule has 17 heavy (non-hydrogen) atoms. The Bertz CT molecular complexity index is 335. The average molecular weight is 255 g/mol. The Balaban J connectivity index is 1.83. The summed E-state index contributed by atoms with van der Waals surface area (Å²) in [7, 11) is 2.06. The highest BCUT2D eigenvalue weighted by atomic mass is 35.5. The van der Waals surface area contributed by atoms with Gasteiger partial charge in [0, 0.05) is 20.1 Å². The zero-order valence-corrected chi connectivity index (χ0v) is 11.0. The molecule has 0 bridgehead atoms. The van der Waals surface area contributed by atoms with Crippen molar-refractivity contribution in [1.29, 1.82) is 0 Å². The van der Waals surface area contributed by atoms with Crippen LogP contribution in [0.15, 0.2) is 12.4 Å². The molecule has 2 heterocycles. The smallest absolute Gasteiger partial charge is 0.146 e. The van der Waals surface area contributed by atoms with Crippen molar-refractivity contribution in [3.63, 3.8) is 0 Å². The summed E-state index contributed by atoms with van der Waals surface area (Å²) in [4.78, 5) is 13.2. The first-order valence-electron chi connectivity index (χ1n) is 6.10. The van der Waals surface area contributed by atoms with Crippen molar-refractivity contribution >= 4 is 17.4 Å². The molecule has 94 valence electrons. The van der Waals surface area contributed by atoms with Crippen molar-refractivity contribution in [3.8, 4) is 0 Å². The fourth-order valence-electron chi connectivity index (χ4n) is 2.03. The summed E-state index contributed by atoms with van der Waals surface area (Å²) in [5.41, 5.74) is 0.823. The topological polar surface area (TPSA) is 32.3 Å². The minimum Gasteiger partial charge on any atom is -0.357 e. The zero-order chi connectivity index (χ0) is 12.1. The second-order valence-electron chi connectivity index (χ2n) is 4.47. The van der Waals surface area contributed by atoms with Gasteiger partial charge in [0.2, 0.25) is 0 Å². The van der Waals surface area contributed by atoms with Crippen LogP contribution in [0.3, 0.4) is 0 Å². The Morgan fingerprint density at radius 3 is 2.65 bits per heavy atom. The van der Waals surface area contributed by atoms with Crippen LogP contribution in [0.2, 0.25) is 0 Å². The van der Waals surface area contributed by atoms with E-state index in [9.17, 15) is 0 Å². The average Bonchev–Trinajstić information content (AvgIpc) is 2.89. The van der Waals surface area contributed by atoms with Gasteiger partial charge in [0.25, 0.3) is 0 Å². The third-order valence-electron chi connectivity index (χ3n) is 3.17. The number of nitrogens with zero attached hydrogens (tertiary/aromatic N) is 4. The van der Waals surface area contributed by atoms with Crippen LogP contribution < -0.4 is 4.90 Å². The van der Waals surface area contributed by atoms with E-state index in [1.807, 2.05) is 0 Å². The summed E-state index contributed by atoms with van der Waals surface area (Å²) in [5, 5.41) is 0. The number of alkyl halides is 1. The zero-order valence-electron chi connectivity index (χ0n) is 10.3. The quantitative estimate of drug-likeness (QED) is 0.750. The van der Waals surface area contributed by atoms with E-state index in [2.05, 4.69) is 26.8 Å². The highest BCUT2D eigenvalue weighted by Gasteiger charge is 2.12. The lowest BCUT2D eigenvalue weighted by Gasteiger charge is -2.21. The Labute approximate surface area is 108 Å². The van der Waals surface area contributed by atoms with E-state index in [0.29, 0.717) is 5.88 Å². The molecule has 4 nitrogen and oxygen atoms in total. The molecule has 2 rings (SSSR count). The standard InChI is InChI=1S/C12H19ClN4/c1-16(6-7-17-4-2-3-5-17)12-10-14-11(8-13)9-15-12/h9-10H,2-8H2,1H3. The normalized spacial score (nSPS) is 16.4. The van der Waals surface area contributed by atoms with Gasteiger partial charge < -0.3 is 9.80 Å². The number of rotatable bonds is 5. The number of aromatic nitrogens is 2. The van der Waals surface area contributed by atoms with Gasteiger partial charge in [0.1, 0.15) is 5.82 Å². The molecular formula is C12H19ClN4. The second kappa shape index (κ2) is 6.17. The van der Waals surface area contributed by atoms with Crippen molar-refractivity contribution < 1.29 is 0 Å². The van der Waals surface area contributed by atoms with Crippen molar-refractivity contribution in [3.05, 3.63) is 18.1 Å². The third-order valence-corrected chi connectivity index (χ3v) is 3.44. The Kier molecular flexibility index (Phi) is 4.57. The molecule has 0 unspecified atom stereocenters. The SMILES string of the molecule is CN(CCN1CCCC1)c1cnc(CCl)cn1. The van der Waals surface area contributed by atoms with Crippen molar-refractivity contribution in [2.75, 3.05) is 38.1 Å². The van der Waals surface area contributed by atoms with Gasteiger partial charge in [0.05, 0.1) is 24.0 Å². The predicted molar refractivity (Wildman–Crippen MR) is 70.5 cm³/mol. The molecule has 1 fully saturated rings. The van der Waals surface area contributed by atoms with E-state index in [4.69, 9.17) is 11.6 Å². The van der Waals surface area contributed by atoms with Gasteiger partial charge in [-0.05, 0) is 25.9 Å². The lowest BCUT2D eigenvalue weighted by Crippen LogP contribution is -2.31. The summed E-state index contributed by atoms with van der Waals surface area (Å²) < 4.78 is 0. The summed E-state index contributed by atoms with van der Waals surface area (Å²) in [6, 6.07) is 0. The van der Waals surface area contributed by atoms with Crippen LogP contribution in [0.5, 0.6) is 0 Å². The van der Waals surface area contributed by atoms with Crippen molar-refractivity contribution in [2.24, 2.45) is 0 Å². The second-order valence-corrected chi connectivity index (χ2v) is 4.74. The summed E-state index contributed by atoms with van der Waals surface area (Å²) in [5.74, 6) is 1.34. The molecule has 1 aliphatic heterocycles. The van der Waals surface area contributed by atoms with Crippen LogP contribution in [0, 0.1) is 0 Å². The first kappa shape index (κ1) is 12.6. The Morgan fingerprint density at radius 1 is 1.29 bits per heavy atom.